The summed E-state index contributed by atoms with van der Waals surface area (Å²) in [7, 11) is 1.61. The van der Waals surface area contributed by atoms with Crippen molar-refractivity contribution < 1.29 is 9.53 Å². The highest BCUT2D eigenvalue weighted by atomic mass is 16.5. The van der Waals surface area contributed by atoms with Gasteiger partial charge in [0, 0.05) is 23.2 Å². The molecule has 0 amide bonds. The molecule has 0 heterocycles. The van der Waals surface area contributed by atoms with Crippen molar-refractivity contribution in [2.24, 2.45) is 0 Å². The molecular weight excluding hydrogens is 166 g/mol. The van der Waals surface area contributed by atoms with Crippen LogP contribution in [-0.4, -0.2) is 12.9 Å². The second kappa shape index (κ2) is 2.76. The Morgan fingerprint density at radius 1 is 1.38 bits per heavy atom. The number of hydrogen-bond acceptors (Lipinski definition) is 3. The number of fused-ring (bicyclic) bond motifs is 1. The van der Waals surface area contributed by atoms with Gasteiger partial charge in [0.1, 0.15) is 5.75 Å². The molecule has 68 valence electrons. The summed E-state index contributed by atoms with van der Waals surface area (Å²) in [5.41, 5.74) is 7.91. The van der Waals surface area contributed by atoms with Gasteiger partial charge in [-0.2, -0.15) is 0 Å². The number of Topliss-reactive ketones (excluding diaryl/α,β-unsaturated/α-hetero) is 1. The van der Waals surface area contributed by atoms with Crippen LogP contribution in [0.4, 0.5) is 5.69 Å². The van der Waals surface area contributed by atoms with Crippen LogP contribution in [0.15, 0.2) is 12.1 Å². The lowest BCUT2D eigenvalue weighted by atomic mass is 10.1. The highest BCUT2D eigenvalue weighted by Crippen LogP contribution is 2.34. The van der Waals surface area contributed by atoms with E-state index >= 15 is 0 Å². The monoisotopic (exact) mass is 177 g/mol. The van der Waals surface area contributed by atoms with E-state index in [0.29, 0.717) is 17.7 Å². The fraction of sp³-hybridized carbons (Fsp3) is 0.300. The normalized spacial score (nSPS) is 14.4. The summed E-state index contributed by atoms with van der Waals surface area (Å²) in [5, 5.41) is 0. The number of rotatable bonds is 1. The molecule has 3 nitrogen and oxygen atoms in total. The molecule has 3 heteroatoms. The van der Waals surface area contributed by atoms with Gasteiger partial charge in [-0.15, -0.1) is 0 Å². The summed E-state index contributed by atoms with van der Waals surface area (Å²) in [6.45, 7) is 0. The van der Waals surface area contributed by atoms with Crippen molar-refractivity contribution in [2.75, 3.05) is 12.8 Å². The van der Waals surface area contributed by atoms with Gasteiger partial charge in [-0.1, -0.05) is 0 Å². The summed E-state index contributed by atoms with van der Waals surface area (Å²) < 4.78 is 5.15. The van der Waals surface area contributed by atoms with Crippen LogP contribution in [0, 0.1) is 0 Å². The van der Waals surface area contributed by atoms with Gasteiger partial charge in [-0.25, -0.2) is 0 Å². The van der Waals surface area contributed by atoms with Gasteiger partial charge < -0.3 is 10.5 Å². The van der Waals surface area contributed by atoms with Gasteiger partial charge in [-0.3, -0.25) is 4.79 Å². The summed E-state index contributed by atoms with van der Waals surface area (Å²) in [5.74, 6) is 0.904. The van der Waals surface area contributed by atoms with Crippen molar-refractivity contribution in [3.63, 3.8) is 0 Å². The molecule has 0 unspecified atom stereocenters. The first-order chi connectivity index (χ1) is 6.24. The Labute approximate surface area is 76.5 Å². The average Bonchev–Trinajstić information content (AvgIpc) is 2.50. The van der Waals surface area contributed by atoms with E-state index in [1.54, 1.807) is 13.2 Å². The number of carbonyl (C=O) groups is 1. The molecule has 0 fully saturated rings. The number of benzene rings is 1. The van der Waals surface area contributed by atoms with Crippen LogP contribution < -0.4 is 10.5 Å². The average molecular weight is 177 g/mol. The number of nitrogen functional groups attached to an aromatic ring is 1. The molecule has 13 heavy (non-hydrogen) atoms. The van der Waals surface area contributed by atoms with Crippen molar-refractivity contribution >= 4 is 11.5 Å². The van der Waals surface area contributed by atoms with Crippen molar-refractivity contribution in [3.8, 4) is 5.75 Å². The molecule has 0 saturated heterocycles. The molecule has 2 rings (SSSR count). The van der Waals surface area contributed by atoms with E-state index in [1.165, 1.54) is 0 Å². The first-order valence-electron chi connectivity index (χ1n) is 4.22. The number of hydrogen-bond donors (Lipinski definition) is 1. The molecule has 0 atom stereocenters. The zero-order valence-corrected chi connectivity index (χ0v) is 7.46. The third-order valence-corrected chi connectivity index (χ3v) is 2.40. The van der Waals surface area contributed by atoms with Gasteiger partial charge in [0.15, 0.2) is 5.78 Å². The van der Waals surface area contributed by atoms with Crippen LogP contribution in [0.25, 0.3) is 0 Å². The minimum Gasteiger partial charge on any atom is -0.496 e. The van der Waals surface area contributed by atoms with Crippen molar-refractivity contribution in [2.45, 2.75) is 12.8 Å². The molecule has 0 spiro atoms. The highest BCUT2D eigenvalue weighted by molar-refractivity contribution is 6.05. The zero-order chi connectivity index (χ0) is 9.42. The van der Waals surface area contributed by atoms with E-state index in [-0.39, 0.29) is 5.78 Å². The predicted molar refractivity (Wildman–Crippen MR) is 50.1 cm³/mol. The van der Waals surface area contributed by atoms with E-state index in [2.05, 4.69) is 0 Å². The van der Waals surface area contributed by atoms with E-state index in [9.17, 15) is 4.79 Å². The number of nitrogens with two attached hydrogens (primary N) is 1. The van der Waals surface area contributed by atoms with E-state index in [0.717, 1.165) is 17.7 Å². The Morgan fingerprint density at radius 3 is 2.85 bits per heavy atom. The maximum atomic E-state index is 11.4. The highest BCUT2D eigenvalue weighted by Gasteiger charge is 2.24. The van der Waals surface area contributed by atoms with Crippen molar-refractivity contribution in [3.05, 3.63) is 23.3 Å². The van der Waals surface area contributed by atoms with Gasteiger partial charge in [0.05, 0.1) is 7.11 Å². The summed E-state index contributed by atoms with van der Waals surface area (Å²) in [6, 6.07) is 3.54. The molecule has 0 saturated carbocycles. The lowest BCUT2D eigenvalue weighted by Crippen LogP contribution is -2.00. The smallest absolute Gasteiger partial charge is 0.165 e. The molecular formula is C10H11NO2. The van der Waals surface area contributed by atoms with Crippen LogP contribution in [0.5, 0.6) is 5.75 Å². The Kier molecular flexibility index (Phi) is 1.72. The van der Waals surface area contributed by atoms with Gasteiger partial charge in [0.25, 0.3) is 0 Å². The molecule has 1 aromatic rings. The Hall–Kier alpha value is -1.51. The SMILES string of the molecule is COc1ccc(N)c2c1CCC2=O. The van der Waals surface area contributed by atoms with Crippen LogP contribution in [0.1, 0.15) is 22.3 Å². The lowest BCUT2D eigenvalue weighted by Gasteiger charge is -2.07. The van der Waals surface area contributed by atoms with Crippen LogP contribution in [-0.2, 0) is 6.42 Å². The topological polar surface area (TPSA) is 52.3 Å². The Bertz CT molecular complexity index is 371. The second-order valence-corrected chi connectivity index (χ2v) is 3.13. The number of ketones is 1. The molecule has 2 N–H and O–H groups in total. The molecule has 0 radical (unpaired) electrons. The van der Waals surface area contributed by atoms with E-state index in [4.69, 9.17) is 10.5 Å². The number of methoxy groups -OCH3 is 1. The first-order valence-corrected chi connectivity index (χ1v) is 4.22. The Morgan fingerprint density at radius 2 is 2.15 bits per heavy atom. The minimum absolute atomic E-state index is 0.131. The minimum atomic E-state index is 0.131. The number of ether oxygens (including phenoxy) is 1. The van der Waals surface area contributed by atoms with Crippen molar-refractivity contribution in [1.82, 2.24) is 0 Å². The first kappa shape index (κ1) is 8.10. The molecule has 1 aromatic carbocycles. The predicted octanol–water partition coefficient (Wildman–Crippen LogP) is 1.41. The van der Waals surface area contributed by atoms with Gasteiger partial charge in [0.2, 0.25) is 0 Å². The van der Waals surface area contributed by atoms with Crippen LogP contribution >= 0.6 is 0 Å². The molecule has 0 bridgehead atoms. The summed E-state index contributed by atoms with van der Waals surface area (Å²) >= 11 is 0. The van der Waals surface area contributed by atoms with Gasteiger partial charge in [-0.05, 0) is 18.6 Å². The van der Waals surface area contributed by atoms with Crippen molar-refractivity contribution in [1.29, 1.82) is 0 Å². The second-order valence-electron chi connectivity index (χ2n) is 3.13. The summed E-state index contributed by atoms with van der Waals surface area (Å²) in [4.78, 5) is 11.4. The third-order valence-electron chi connectivity index (χ3n) is 2.40. The maximum Gasteiger partial charge on any atom is 0.165 e. The lowest BCUT2D eigenvalue weighted by molar-refractivity contribution is 0.0995. The molecule has 1 aliphatic rings. The quantitative estimate of drug-likeness (QED) is 0.660. The standard InChI is InChI=1S/C10H11NO2/c1-13-9-5-3-7(11)10-6(9)2-4-8(10)12/h3,5H,2,4,11H2,1H3. The van der Waals surface area contributed by atoms with E-state index in [1.807, 2.05) is 6.07 Å². The molecule has 0 aromatic heterocycles. The fourth-order valence-corrected chi connectivity index (χ4v) is 1.78. The fourth-order valence-electron chi connectivity index (χ4n) is 1.78. The third kappa shape index (κ3) is 1.08. The molecule has 1 aliphatic carbocycles. The number of anilines is 1. The maximum absolute atomic E-state index is 11.4. The number of carbonyl (C=O) groups excluding carboxylic acids is 1. The van der Waals surface area contributed by atoms with Crippen LogP contribution in [0.2, 0.25) is 0 Å². The summed E-state index contributed by atoms with van der Waals surface area (Å²) in [6.07, 6.45) is 1.31. The molecule has 0 aliphatic heterocycles. The largest absolute Gasteiger partial charge is 0.496 e. The Balaban J connectivity index is 2.65. The van der Waals surface area contributed by atoms with Gasteiger partial charge >= 0.3 is 0 Å². The van der Waals surface area contributed by atoms with Crippen LogP contribution in [0.3, 0.4) is 0 Å². The van der Waals surface area contributed by atoms with E-state index < -0.39 is 0 Å². The zero-order valence-electron chi connectivity index (χ0n) is 7.46.